The number of ether oxygens (including phenoxy) is 4. The van der Waals surface area contributed by atoms with E-state index >= 15 is 0 Å². The maximum Gasteiger partial charge on any atom is 0.407 e. The highest BCUT2D eigenvalue weighted by Gasteiger charge is 2.27. The molecule has 0 spiro atoms. The number of carbonyl (C=O) groups is 3. The quantitative estimate of drug-likeness (QED) is 0.297. The van der Waals surface area contributed by atoms with Crippen LogP contribution in [0.4, 0.5) is 4.79 Å². The van der Waals surface area contributed by atoms with E-state index in [1.54, 1.807) is 0 Å². The number of alkyl carbamates (subject to hydrolysis) is 1. The van der Waals surface area contributed by atoms with Crippen LogP contribution in [0.25, 0.3) is 0 Å². The Hall–Kier alpha value is -3.55. The summed E-state index contributed by atoms with van der Waals surface area (Å²) in [6, 6.07) is 16.2. The summed E-state index contributed by atoms with van der Waals surface area (Å²) < 4.78 is 21.3. The molecular weight excluding hydrogens is 462 g/mol. The molecule has 1 atom stereocenters. The van der Waals surface area contributed by atoms with Crippen LogP contribution in [0, 0.1) is 11.8 Å². The first kappa shape index (κ1) is 28.7. The van der Waals surface area contributed by atoms with Gasteiger partial charge in [0.05, 0.1) is 26.2 Å². The average molecular weight is 500 g/mol. The highest BCUT2D eigenvalue weighted by Crippen LogP contribution is 2.15. The number of rotatable bonds is 14. The summed E-state index contributed by atoms with van der Waals surface area (Å²) in [6.07, 6.45) is -0.657. The summed E-state index contributed by atoms with van der Waals surface area (Å²) in [5, 5.41) is 2.43. The second kappa shape index (κ2) is 15.4. The van der Waals surface area contributed by atoms with Gasteiger partial charge in [0.2, 0.25) is 0 Å². The predicted molar refractivity (Wildman–Crippen MR) is 135 cm³/mol. The van der Waals surface area contributed by atoms with Crippen LogP contribution in [0.15, 0.2) is 54.6 Å². The molecule has 0 saturated carbocycles. The molecular formula is C28H37NO7. The van der Waals surface area contributed by atoms with Gasteiger partial charge >= 0.3 is 18.0 Å². The van der Waals surface area contributed by atoms with Crippen molar-refractivity contribution in [2.24, 2.45) is 11.8 Å². The Balaban J connectivity index is 1.80. The highest BCUT2D eigenvalue weighted by molar-refractivity contribution is 5.86. The van der Waals surface area contributed by atoms with Crippen molar-refractivity contribution in [3.05, 3.63) is 65.7 Å². The predicted octanol–water partition coefficient (Wildman–Crippen LogP) is 4.69. The topological polar surface area (TPSA) is 100 Å². The summed E-state index contributed by atoms with van der Waals surface area (Å²) >= 11 is 0. The van der Waals surface area contributed by atoms with Crippen LogP contribution in [-0.2, 0) is 36.8 Å². The molecule has 0 aliphatic heterocycles. The van der Waals surface area contributed by atoms with Crippen LogP contribution >= 0.6 is 0 Å². The molecule has 0 unspecified atom stereocenters. The van der Waals surface area contributed by atoms with E-state index in [1.807, 2.05) is 82.3 Å². The molecule has 0 aromatic heterocycles. The minimum Gasteiger partial charge on any atom is -0.489 e. The Bertz CT molecular complexity index is 942. The number of esters is 2. The standard InChI is InChI=1S/C28H37NO7/c1-20(2)17-35-26(30)16-25(27(31)36-18-21(3)4)29-28(32)33-15-14-22-10-12-24(13-11-22)34-19-23-8-6-5-7-9-23/h5-13,20-21,25H,14-19H2,1-4H3,(H,29,32)/t25-/m0/s1. The number of benzene rings is 2. The van der Waals surface area contributed by atoms with Crippen molar-refractivity contribution < 1.29 is 33.3 Å². The van der Waals surface area contributed by atoms with Crippen molar-refractivity contribution in [2.45, 2.75) is 53.2 Å². The number of nitrogens with one attached hydrogen (secondary N) is 1. The first-order valence-electron chi connectivity index (χ1n) is 12.2. The van der Waals surface area contributed by atoms with Gasteiger partial charge in [-0.05, 0) is 35.1 Å². The number of carbonyl (C=O) groups excluding carboxylic acids is 3. The summed E-state index contributed by atoms with van der Waals surface area (Å²) in [5.74, 6) is -0.279. The van der Waals surface area contributed by atoms with E-state index in [1.165, 1.54) is 0 Å². The molecule has 8 heteroatoms. The molecule has 0 bridgehead atoms. The zero-order valence-electron chi connectivity index (χ0n) is 21.5. The third kappa shape index (κ3) is 11.7. The van der Waals surface area contributed by atoms with Crippen molar-refractivity contribution in [2.75, 3.05) is 19.8 Å². The molecule has 8 nitrogen and oxygen atoms in total. The molecule has 1 N–H and O–H groups in total. The Morgan fingerprint density at radius 3 is 2.06 bits per heavy atom. The number of hydrogen-bond acceptors (Lipinski definition) is 7. The van der Waals surface area contributed by atoms with Crippen molar-refractivity contribution in [3.8, 4) is 5.75 Å². The lowest BCUT2D eigenvalue weighted by atomic mass is 10.1. The maximum absolute atomic E-state index is 12.4. The Morgan fingerprint density at radius 2 is 1.42 bits per heavy atom. The van der Waals surface area contributed by atoms with Gasteiger partial charge in [-0.3, -0.25) is 4.79 Å². The first-order chi connectivity index (χ1) is 17.2. The van der Waals surface area contributed by atoms with E-state index in [0.29, 0.717) is 13.0 Å². The van der Waals surface area contributed by atoms with Gasteiger partial charge in [-0.25, -0.2) is 9.59 Å². The van der Waals surface area contributed by atoms with Crippen LogP contribution in [0.5, 0.6) is 5.75 Å². The Morgan fingerprint density at radius 1 is 0.778 bits per heavy atom. The molecule has 2 rings (SSSR count). The minimum absolute atomic E-state index is 0.0988. The molecule has 0 saturated heterocycles. The largest absolute Gasteiger partial charge is 0.489 e. The molecule has 0 radical (unpaired) electrons. The zero-order valence-corrected chi connectivity index (χ0v) is 21.5. The molecule has 0 heterocycles. The molecule has 2 aromatic carbocycles. The summed E-state index contributed by atoms with van der Waals surface area (Å²) in [7, 11) is 0. The van der Waals surface area contributed by atoms with Gasteiger partial charge in [-0.15, -0.1) is 0 Å². The normalized spacial score (nSPS) is 11.6. The van der Waals surface area contributed by atoms with Crippen molar-refractivity contribution in [1.29, 1.82) is 0 Å². The van der Waals surface area contributed by atoms with E-state index < -0.39 is 24.1 Å². The number of amides is 1. The lowest BCUT2D eigenvalue weighted by Gasteiger charge is -2.18. The van der Waals surface area contributed by atoms with E-state index in [0.717, 1.165) is 16.9 Å². The van der Waals surface area contributed by atoms with Crippen LogP contribution in [0.1, 0.15) is 45.2 Å². The lowest BCUT2D eigenvalue weighted by molar-refractivity contribution is -0.153. The van der Waals surface area contributed by atoms with Crippen molar-refractivity contribution >= 4 is 18.0 Å². The fraction of sp³-hybridized carbons (Fsp3) is 0.464. The van der Waals surface area contributed by atoms with Crippen molar-refractivity contribution in [3.63, 3.8) is 0 Å². The Kier molecular flexibility index (Phi) is 12.3. The van der Waals surface area contributed by atoms with Gasteiger partial charge in [0.25, 0.3) is 0 Å². The average Bonchev–Trinajstić information content (AvgIpc) is 2.85. The lowest BCUT2D eigenvalue weighted by Crippen LogP contribution is -2.44. The first-order valence-corrected chi connectivity index (χ1v) is 12.2. The summed E-state index contributed by atoms with van der Waals surface area (Å²) in [5.41, 5.74) is 2.04. The summed E-state index contributed by atoms with van der Waals surface area (Å²) in [6.45, 7) is 8.58. The van der Waals surface area contributed by atoms with Crippen LogP contribution in [-0.4, -0.2) is 43.9 Å². The van der Waals surface area contributed by atoms with E-state index in [4.69, 9.17) is 18.9 Å². The Labute approximate surface area is 213 Å². The van der Waals surface area contributed by atoms with Gasteiger partial charge in [0, 0.05) is 6.42 Å². The molecule has 36 heavy (non-hydrogen) atoms. The monoisotopic (exact) mass is 499 g/mol. The maximum atomic E-state index is 12.4. The second-order valence-electron chi connectivity index (χ2n) is 9.31. The van der Waals surface area contributed by atoms with E-state index in [9.17, 15) is 14.4 Å². The minimum atomic E-state index is -1.18. The third-order valence-corrected chi connectivity index (χ3v) is 4.88. The fourth-order valence-corrected chi connectivity index (χ4v) is 2.97. The second-order valence-corrected chi connectivity index (χ2v) is 9.31. The van der Waals surface area contributed by atoms with Crippen LogP contribution in [0.2, 0.25) is 0 Å². The number of hydrogen-bond donors (Lipinski definition) is 1. The van der Waals surface area contributed by atoms with Crippen LogP contribution in [0.3, 0.4) is 0 Å². The van der Waals surface area contributed by atoms with Crippen LogP contribution < -0.4 is 10.1 Å². The molecule has 196 valence electrons. The highest BCUT2D eigenvalue weighted by atomic mass is 16.6. The van der Waals surface area contributed by atoms with Gasteiger partial charge in [0.15, 0.2) is 0 Å². The van der Waals surface area contributed by atoms with E-state index in [-0.39, 0.29) is 38.1 Å². The molecule has 1 amide bonds. The van der Waals surface area contributed by atoms with E-state index in [2.05, 4.69) is 5.32 Å². The van der Waals surface area contributed by atoms with Gasteiger partial charge in [-0.1, -0.05) is 70.2 Å². The zero-order chi connectivity index (χ0) is 26.3. The molecule has 0 aliphatic carbocycles. The van der Waals surface area contributed by atoms with Crippen molar-refractivity contribution in [1.82, 2.24) is 5.32 Å². The third-order valence-electron chi connectivity index (χ3n) is 4.88. The SMILES string of the molecule is CC(C)COC(=O)C[C@H](NC(=O)OCCc1ccc(OCc2ccccc2)cc1)C(=O)OCC(C)C. The summed E-state index contributed by atoms with van der Waals surface area (Å²) in [4.78, 5) is 36.8. The van der Waals surface area contributed by atoms with Gasteiger partial charge < -0.3 is 24.3 Å². The molecule has 0 aliphatic rings. The van der Waals surface area contributed by atoms with Gasteiger partial charge in [-0.2, -0.15) is 0 Å². The molecule has 0 fully saturated rings. The fourth-order valence-electron chi connectivity index (χ4n) is 2.97. The smallest absolute Gasteiger partial charge is 0.407 e. The molecule has 2 aromatic rings. The van der Waals surface area contributed by atoms with Gasteiger partial charge in [0.1, 0.15) is 18.4 Å².